The summed E-state index contributed by atoms with van der Waals surface area (Å²) in [6.07, 6.45) is 3.04. The van der Waals surface area contributed by atoms with Crippen molar-refractivity contribution in [2.24, 2.45) is 0 Å². The van der Waals surface area contributed by atoms with Crippen molar-refractivity contribution in [3.8, 4) is 11.8 Å². The van der Waals surface area contributed by atoms with E-state index in [4.69, 9.17) is 14.4 Å². The van der Waals surface area contributed by atoms with Crippen LogP contribution in [0.4, 0.5) is 0 Å². The summed E-state index contributed by atoms with van der Waals surface area (Å²) in [5, 5.41) is 11.7. The molecule has 0 atom stereocenters. The van der Waals surface area contributed by atoms with E-state index >= 15 is 0 Å². The fourth-order valence-electron chi connectivity index (χ4n) is 1.72. The minimum atomic E-state index is -0.447. The van der Waals surface area contributed by atoms with Crippen LogP contribution >= 0.6 is 0 Å². The Kier molecular flexibility index (Phi) is 4.78. The van der Waals surface area contributed by atoms with Crippen molar-refractivity contribution in [2.75, 3.05) is 7.11 Å². The molecule has 1 amide bonds. The number of nitrogens with zero attached hydrogens (tertiary/aromatic N) is 1. The number of ether oxygens (including phenoxy) is 1. The van der Waals surface area contributed by atoms with Crippen LogP contribution in [0.2, 0.25) is 0 Å². The highest BCUT2D eigenvalue weighted by Crippen LogP contribution is 2.15. The summed E-state index contributed by atoms with van der Waals surface area (Å²) in [4.78, 5) is 12.0. The van der Waals surface area contributed by atoms with Crippen LogP contribution in [0.3, 0.4) is 0 Å². The van der Waals surface area contributed by atoms with Gasteiger partial charge >= 0.3 is 0 Å². The van der Waals surface area contributed by atoms with Crippen LogP contribution in [-0.2, 0) is 11.3 Å². The van der Waals surface area contributed by atoms with Gasteiger partial charge in [0.05, 0.1) is 19.9 Å². The zero-order valence-corrected chi connectivity index (χ0v) is 11.5. The molecule has 1 N–H and O–H groups in total. The van der Waals surface area contributed by atoms with E-state index in [-0.39, 0.29) is 12.1 Å². The molecule has 5 nitrogen and oxygen atoms in total. The lowest BCUT2D eigenvalue weighted by molar-refractivity contribution is -0.117. The lowest BCUT2D eigenvalue weighted by atomic mass is 10.1. The van der Waals surface area contributed by atoms with Crippen molar-refractivity contribution in [1.82, 2.24) is 5.32 Å². The Morgan fingerprint density at radius 1 is 1.43 bits per heavy atom. The largest absolute Gasteiger partial charge is 0.497 e. The normalized spacial score (nSPS) is 10.8. The monoisotopic (exact) mass is 282 g/mol. The summed E-state index contributed by atoms with van der Waals surface area (Å²) in [5.74, 6) is 0.843. The Labute approximate surface area is 122 Å². The van der Waals surface area contributed by atoms with E-state index in [1.165, 1.54) is 12.3 Å². The number of nitrogens with one attached hydrogen (secondary N) is 1. The SMILES string of the molecule is COc1cccc(C=C(C#N)C(=O)NCc2ccco2)c1. The van der Waals surface area contributed by atoms with E-state index < -0.39 is 5.91 Å². The number of carbonyl (C=O) groups excluding carboxylic acids is 1. The molecule has 0 spiro atoms. The van der Waals surface area contributed by atoms with Crippen LogP contribution in [-0.4, -0.2) is 13.0 Å². The zero-order valence-electron chi connectivity index (χ0n) is 11.5. The number of nitriles is 1. The second kappa shape index (κ2) is 6.96. The van der Waals surface area contributed by atoms with Crippen molar-refractivity contribution < 1.29 is 13.9 Å². The number of benzene rings is 1. The molecule has 1 aromatic heterocycles. The molecule has 5 heteroatoms. The van der Waals surface area contributed by atoms with Gasteiger partial charge in [0.2, 0.25) is 0 Å². The van der Waals surface area contributed by atoms with Gasteiger partial charge in [0.1, 0.15) is 23.2 Å². The summed E-state index contributed by atoms with van der Waals surface area (Å²) in [7, 11) is 1.56. The minimum absolute atomic E-state index is 0.0230. The maximum Gasteiger partial charge on any atom is 0.262 e. The average molecular weight is 282 g/mol. The number of hydrogen-bond acceptors (Lipinski definition) is 4. The van der Waals surface area contributed by atoms with Crippen LogP contribution in [0.15, 0.2) is 52.7 Å². The second-order valence-corrected chi connectivity index (χ2v) is 4.21. The first-order chi connectivity index (χ1) is 10.2. The van der Waals surface area contributed by atoms with Crippen LogP contribution in [0.5, 0.6) is 5.75 Å². The van der Waals surface area contributed by atoms with Gasteiger partial charge in [0.15, 0.2) is 0 Å². The van der Waals surface area contributed by atoms with Crippen LogP contribution in [0.1, 0.15) is 11.3 Å². The van der Waals surface area contributed by atoms with E-state index in [1.54, 1.807) is 43.5 Å². The molecular formula is C16H14N2O3. The second-order valence-electron chi connectivity index (χ2n) is 4.21. The highest BCUT2D eigenvalue weighted by Gasteiger charge is 2.09. The lowest BCUT2D eigenvalue weighted by Gasteiger charge is -2.03. The first-order valence-corrected chi connectivity index (χ1v) is 6.29. The van der Waals surface area contributed by atoms with Gasteiger partial charge in [0, 0.05) is 0 Å². The Balaban J connectivity index is 2.08. The van der Waals surface area contributed by atoms with Crippen molar-refractivity contribution in [3.63, 3.8) is 0 Å². The molecule has 1 heterocycles. The third-order valence-corrected chi connectivity index (χ3v) is 2.77. The lowest BCUT2D eigenvalue weighted by Crippen LogP contribution is -2.23. The van der Waals surface area contributed by atoms with Gasteiger partial charge in [0.25, 0.3) is 5.91 Å². The number of rotatable bonds is 5. The maximum absolute atomic E-state index is 12.0. The molecule has 0 saturated heterocycles. The van der Waals surface area contributed by atoms with Crippen molar-refractivity contribution in [2.45, 2.75) is 6.54 Å². The molecule has 0 aliphatic heterocycles. The summed E-state index contributed by atoms with van der Waals surface area (Å²) in [6.45, 7) is 0.239. The summed E-state index contributed by atoms with van der Waals surface area (Å²) in [5.41, 5.74) is 0.744. The van der Waals surface area contributed by atoms with Gasteiger partial charge in [-0.3, -0.25) is 4.79 Å². The van der Waals surface area contributed by atoms with Crippen LogP contribution < -0.4 is 10.1 Å². The fourth-order valence-corrected chi connectivity index (χ4v) is 1.72. The summed E-state index contributed by atoms with van der Waals surface area (Å²) in [6, 6.07) is 12.5. The average Bonchev–Trinajstić information content (AvgIpc) is 3.04. The fraction of sp³-hybridized carbons (Fsp3) is 0.125. The number of carbonyl (C=O) groups is 1. The minimum Gasteiger partial charge on any atom is -0.497 e. The van der Waals surface area contributed by atoms with Crippen LogP contribution in [0, 0.1) is 11.3 Å². The molecule has 106 valence electrons. The molecule has 2 rings (SSSR count). The van der Waals surface area contributed by atoms with E-state index in [1.807, 2.05) is 6.07 Å². The number of methoxy groups -OCH3 is 1. The molecule has 0 unspecified atom stereocenters. The topological polar surface area (TPSA) is 75.3 Å². The zero-order chi connectivity index (χ0) is 15.1. The highest BCUT2D eigenvalue weighted by atomic mass is 16.5. The molecule has 0 saturated carbocycles. The van der Waals surface area contributed by atoms with Crippen molar-refractivity contribution in [3.05, 3.63) is 59.6 Å². The van der Waals surface area contributed by atoms with Gasteiger partial charge < -0.3 is 14.5 Å². The first kappa shape index (κ1) is 14.4. The third-order valence-electron chi connectivity index (χ3n) is 2.77. The molecule has 0 aliphatic rings. The standard InChI is InChI=1S/C16H14N2O3/c1-20-14-5-2-4-12(9-14)8-13(10-17)16(19)18-11-15-6-3-7-21-15/h2-9H,11H2,1H3,(H,18,19). The van der Waals surface area contributed by atoms with Crippen LogP contribution in [0.25, 0.3) is 6.08 Å². The highest BCUT2D eigenvalue weighted by molar-refractivity contribution is 6.01. The maximum atomic E-state index is 12.0. The molecule has 0 bridgehead atoms. The number of hydrogen-bond donors (Lipinski definition) is 1. The molecule has 21 heavy (non-hydrogen) atoms. The first-order valence-electron chi connectivity index (χ1n) is 6.29. The Hall–Kier alpha value is -3.00. The Morgan fingerprint density at radius 3 is 2.95 bits per heavy atom. The van der Waals surface area contributed by atoms with E-state index in [2.05, 4.69) is 5.32 Å². The van der Waals surface area contributed by atoms with Gasteiger partial charge in [-0.15, -0.1) is 0 Å². The molecule has 1 aromatic carbocycles. The van der Waals surface area contributed by atoms with Crippen molar-refractivity contribution >= 4 is 12.0 Å². The van der Waals surface area contributed by atoms with E-state index in [9.17, 15) is 4.79 Å². The Bertz CT molecular complexity index is 682. The predicted molar refractivity (Wildman–Crippen MR) is 77.1 cm³/mol. The predicted octanol–water partition coefficient (Wildman–Crippen LogP) is 2.51. The molecule has 0 fully saturated rings. The van der Waals surface area contributed by atoms with E-state index in [0.717, 1.165) is 5.56 Å². The van der Waals surface area contributed by atoms with E-state index in [0.29, 0.717) is 11.5 Å². The van der Waals surface area contributed by atoms with Crippen molar-refractivity contribution in [1.29, 1.82) is 5.26 Å². The summed E-state index contributed by atoms with van der Waals surface area (Å²) >= 11 is 0. The third kappa shape index (κ3) is 3.98. The molecule has 0 radical (unpaired) electrons. The van der Waals surface area contributed by atoms with Gasteiger partial charge in [-0.25, -0.2) is 0 Å². The van der Waals surface area contributed by atoms with Gasteiger partial charge in [-0.1, -0.05) is 12.1 Å². The quantitative estimate of drug-likeness (QED) is 0.675. The number of amides is 1. The molecule has 2 aromatic rings. The number of furan rings is 1. The smallest absolute Gasteiger partial charge is 0.262 e. The summed E-state index contributed by atoms with van der Waals surface area (Å²) < 4.78 is 10.2. The molecule has 0 aliphatic carbocycles. The molecular weight excluding hydrogens is 268 g/mol. The Morgan fingerprint density at radius 2 is 2.29 bits per heavy atom. The van der Waals surface area contributed by atoms with Gasteiger partial charge in [-0.05, 0) is 35.9 Å². The van der Waals surface area contributed by atoms with Gasteiger partial charge in [-0.2, -0.15) is 5.26 Å².